The van der Waals surface area contributed by atoms with Gasteiger partial charge in [-0.25, -0.2) is 0 Å². The van der Waals surface area contributed by atoms with Crippen LogP contribution in [0.25, 0.3) is 0 Å². The summed E-state index contributed by atoms with van der Waals surface area (Å²) in [7, 11) is 0. The fourth-order valence-electron chi connectivity index (χ4n) is 1.41. The first-order valence-corrected chi connectivity index (χ1v) is 5.81. The summed E-state index contributed by atoms with van der Waals surface area (Å²) in [5.74, 6) is -0.594. The van der Waals surface area contributed by atoms with Crippen molar-refractivity contribution in [3.63, 3.8) is 0 Å². The third-order valence-electron chi connectivity index (χ3n) is 2.84. The van der Waals surface area contributed by atoms with Gasteiger partial charge in [0.05, 0.1) is 5.84 Å². The highest BCUT2D eigenvalue weighted by molar-refractivity contribution is 5.85. The van der Waals surface area contributed by atoms with Crippen LogP contribution in [0, 0.1) is 17.1 Å². The van der Waals surface area contributed by atoms with E-state index in [9.17, 15) is 9.18 Å². The van der Waals surface area contributed by atoms with Crippen LogP contribution in [0.3, 0.4) is 0 Å². The Morgan fingerprint density at radius 2 is 2.00 bits per heavy atom. The normalized spacial score (nSPS) is 16.9. The van der Waals surface area contributed by atoms with Gasteiger partial charge in [-0.1, -0.05) is 0 Å². The smallest absolute Gasteiger partial charge is 0.291 e. The molecule has 0 radical (unpaired) electrons. The number of amidine groups is 1. The Morgan fingerprint density at radius 1 is 1.42 bits per heavy atom. The van der Waals surface area contributed by atoms with Crippen LogP contribution in [0.4, 0.5) is 4.39 Å². The predicted octanol–water partition coefficient (Wildman–Crippen LogP) is 1.25. The van der Waals surface area contributed by atoms with E-state index in [0.29, 0.717) is 17.6 Å². The van der Waals surface area contributed by atoms with Crippen LogP contribution in [0.5, 0.6) is 5.88 Å². The molecule has 2 fully saturated rings. The second-order valence-electron chi connectivity index (χ2n) is 4.59. The van der Waals surface area contributed by atoms with E-state index in [2.05, 4.69) is 9.97 Å². The number of nitrogens with zero attached hydrogens (tertiary/aromatic N) is 1. The van der Waals surface area contributed by atoms with Gasteiger partial charge in [0.15, 0.2) is 0 Å². The van der Waals surface area contributed by atoms with Crippen molar-refractivity contribution < 1.29 is 9.50 Å². The topological polar surface area (TPSA) is 116 Å². The third kappa shape index (κ3) is 4.20. The molecular weight excluding hydrogens is 275 g/mol. The van der Waals surface area contributed by atoms with E-state index in [0.717, 1.165) is 25.7 Å². The van der Waals surface area contributed by atoms with Crippen molar-refractivity contribution in [2.45, 2.75) is 31.6 Å². The molecule has 0 atom stereocenters. The molecule has 3 rings (SSSR count). The first kappa shape index (κ1) is 15.4. The van der Waals surface area contributed by atoms with Crippen molar-refractivity contribution in [3.8, 4) is 5.88 Å². The molecule has 0 aromatic carbocycles. The fraction of sp³-hybridized carbons (Fsp3) is 0.545. The molecule has 8 heteroatoms. The van der Waals surface area contributed by atoms with Crippen LogP contribution in [-0.2, 0) is 0 Å². The average molecular weight is 291 g/mol. The Hall–Kier alpha value is -1.63. The molecule has 0 saturated heterocycles. The SMILES string of the molecule is Cl.N=C(N)C1CC1.O=c1[nH]c(C2CC2)nc(O)c1F. The quantitative estimate of drug-likeness (QED) is 0.484. The standard InChI is InChI=1S/C7H7FN2O2.C4H8N2.ClH/c8-4-6(11)9-5(3-1-2-3)10-7(4)12;5-4(6)3-1-2-3;/h3H,1-2H2,(H2,9,10,11,12);3H,1-2H2,(H3,5,6);1H. The average Bonchev–Trinajstić information content (AvgIpc) is 3.19. The summed E-state index contributed by atoms with van der Waals surface area (Å²) in [4.78, 5) is 16.6. The number of hydrogen-bond donors (Lipinski definition) is 4. The zero-order valence-electron chi connectivity index (χ0n) is 10.1. The molecule has 6 nitrogen and oxygen atoms in total. The van der Waals surface area contributed by atoms with Gasteiger partial charge < -0.3 is 15.8 Å². The van der Waals surface area contributed by atoms with E-state index in [4.69, 9.17) is 16.2 Å². The molecule has 19 heavy (non-hydrogen) atoms. The largest absolute Gasteiger partial charge is 0.491 e. The molecule has 2 saturated carbocycles. The summed E-state index contributed by atoms with van der Waals surface area (Å²) < 4.78 is 12.5. The zero-order chi connectivity index (χ0) is 13.3. The minimum absolute atomic E-state index is 0. The molecule has 5 N–H and O–H groups in total. The lowest BCUT2D eigenvalue weighted by atomic mass is 10.4. The van der Waals surface area contributed by atoms with Crippen LogP contribution >= 0.6 is 12.4 Å². The van der Waals surface area contributed by atoms with Crippen LogP contribution < -0.4 is 11.3 Å². The van der Waals surface area contributed by atoms with Gasteiger partial charge >= 0.3 is 0 Å². The van der Waals surface area contributed by atoms with Crippen LogP contribution in [0.1, 0.15) is 37.4 Å². The number of rotatable bonds is 2. The first-order valence-electron chi connectivity index (χ1n) is 5.81. The summed E-state index contributed by atoms with van der Waals surface area (Å²) in [5.41, 5.74) is 4.18. The monoisotopic (exact) mass is 290 g/mol. The van der Waals surface area contributed by atoms with Crippen molar-refractivity contribution in [1.82, 2.24) is 9.97 Å². The summed E-state index contributed by atoms with van der Waals surface area (Å²) in [6.45, 7) is 0. The highest BCUT2D eigenvalue weighted by Crippen LogP contribution is 2.37. The van der Waals surface area contributed by atoms with E-state index >= 15 is 0 Å². The summed E-state index contributed by atoms with van der Waals surface area (Å²) in [6, 6.07) is 0. The van der Waals surface area contributed by atoms with E-state index in [1.165, 1.54) is 0 Å². The number of nitrogens with one attached hydrogen (secondary N) is 2. The van der Waals surface area contributed by atoms with Crippen molar-refractivity contribution in [1.29, 1.82) is 5.41 Å². The lowest BCUT2D eigenvalue weighted by molar-refractivity contribution is 0.401. The number of halogens is 2. The highest BCUT2D eigenvalue weighted by atomic mass is 35.5. The molecule has 1 heterocycles. The minimum atomic E-state index is -1.21. The number of aromatic hydroxyl groups is 1. The van der Waals surface area contributed by atoms with E-state index in [-0.39, 0.29) is 18.3 Å². The van der Waals surface area contributed by atoms with Gasteiger partial charge in [-0.3, -0.25) is 10.2 Å². The summed E-state index contributed by atoms with van der Waals surface area (Å²) >= 11 is 0. The molecule has 0 spiro atoms. The second-order valence-corrected chi connectivity index (χ2v) is 4.59. The Morgan fingerprint density at radius 3 is 2.32 bits per heavy atom. The van der Waals surface area contributed by atoms with Crippen molar-refractivity contribution in [2.75, 3.05) is 0 Å². The highest BCUT2D eigenvalue weighted by Gasteiger charge is 2.27. The molecule has 0 aliphatic heterocycles. The molecule has 106 valence electrons. The summed E-state index contributed by atoms with van der Waals surface area (Å²) in [5, 5.41) is 15.6. The predicted molar refractivity (Wildman–Crippen MR) is 70.3 cm³/mol. The Kier molecular flexibility index (Phi) is 4.88. The van der Waals surface area contributed by atoms with Gasteiger partial charge in [0.1, 0.15) is 5.82 Å². The van der Waals surface area contributed by atoms with Crippen LogP contribution in [0.15, 0.2) is 4.79 Å². The van der Waals surface area contributed by atoms with Crippen LogP contribution in [-0.4, -0.2) is 20.9 Å². The Labute approximate surface area is 115 Å². The van der Waals surface area contributed by atoms with Gasteiger partial charge in [-0.2, -0.15) is 9.37 Å². The molecule has 0 unspecified atom stereocenters. The van der Waals surface area contributed by atoms with Crippen LogP contribution in [0.2, 0.25) is 0 Å². The van der Waals surface area contributed by atoms with Crippen molar-refractivity contribution in [3.05, 3.63) is 22.0 Å². The number of H-pyrrole nitrogens is 1. The Balaban J connectivity index is 0.000000220. The third-order valence-corrected chi connectivity index (χ3v) is 2.84. The number of aromatic nitrogens is 2. The lowest BCUT2D eigenvalue weighted by Gasteiger charge is -1.97. The molecule has 0 amide bonds. The molecule has 1 aromatic rings. The molecule has 2 aliphatic rings. The van der Waals surface area contributed by atoms with Gasteiger partial charge in [-0.05, 0) is 25.7 Å². The van der Waals surface area contributed by atoms with E-state index in [1.807, 2.05) is 0 Å². The van der Waals surface area contributed by atoms with Crippen molar-refractivity contribution >= 4 is 18.2 Å². The number of nitrogens with two attached hydrogens (primary N) is 1. The molecule has 0 bridgehead atoms. The maximum absolute atomic E-state index is 12.5. The van der Waals surface area contributed by atoms with Crippen molar-refractivity contribution in [2.24, 2.45) is 11.7 Å². The first-order chi connectivity index (χ1) is 8.49. The van der Waals surface area contributed by atoms with Gasteiger partial charge in [0.2, 0.25) is 5.82 Å². The maximum Gasteiger partial charge on any atom is 0.291 e. The van der Waals surface area contributed by atoms with E-state index in [1.54, 1.807) is 0 Å². The fourth-order valence-corrected chi connectivity index (χ4v) is 1.41. The maximum atomic E-state index is 12.5. The Bertz CT molecular complexity index is 526. The zero-order valence-corrected chi connectivity index (χ0v) is 11.0. The summed E-state index contributed by atoms with van der Waals surface area (Å²) in [6.07, 6.45) is 4.17. The molecule has 2 aliphatic carbocycles. The minimum Gasteiger partial charge on any atom is -0.491 e. The van der Waals surface area contributed by atoms with Gasteiger partial charge in [0.25, 0.3) is 11.4 Å². The number of aromatic amines is 1. The van der Waals surface area contributed by atoms with Gasteiger partial charge in [-0.15, -0.1) is 12.4 Å². The lowest BCUT2D eigenvalue weighted by Crippen LogP contribution is -2.14. The second kappa shape index (κ2) is 6.01. The van der Waals surface area contributed by atoms with E-state index < -0.39 is 17.3 Å². The molecule has 1 aromatic heterocycles. The molecular formula is C11H16ClFN4O2. The van der Waals surface area contributed by atoms with Gasteiger partial charge in [0, 0.05) is 11.8 Å². The number of hydrogen-bond acceptors (Lipinski definition) is 4.